The van der Waals surface area contributed by atoms with Crippen LogP contribution < -0.4 is 4.74 Å². The molecule has 1 aromatic rings. The van der Waals surface area contributed by atoms with Crippen LogP contribution in [0.25, 0.3) is 0 Å². The molecule has 7 heteroatoms. The summed E-state index contributed by atoms with van der Waals surface area (Å²) in [5, 5.41) is 0. The number of hydrogen-bond donors (Lipinski definition) is 0. The predicted molar refractivity (Wildman–Crippen MR) is 41.5 cm³/mol. The Bertz CT molecular complexity index is 487. The number of hydrogen-bond acceptors (Lipinski definition) is 4. The monoisotopic (exact) mass is 302 g/mol. The van der Waals surface area contributed by atoms with Gasteiger partial charge in [-0.2, -0.15) is 0 Å². The molecular weight excluding hydrogens is 299 g/mol. The molecule has 0 N–H and O–H groups in total. The molecule has 81 valence electrons. The summed E-state index contributed by atoms with van der Waals surface area (Å²) in [6.07, 6.45) is 0. The molecule has 0 amide bonds. The van der Waals surface area contributed by atoms with Gasteiger partial charge in [-0.25, -0.2) is 9.18 Å². The summed E-state index contributed by atoms with van der Waals surface area (Å²) >= 11 is 0. The van der Waals surface area contributed by atoms with Crippen LogP contribution in [0.4, 0.5) is 8.78 Å². The number of fused-ring (bicyclic) bond motifs is 1. The molecule has 4 nitrogen and oxygen atoms in total. The SMILES string of the molecule is COc1[c-]c(F)c2c(c1F)C(=O)OC2=O.[Y]. The van der Waals surface area contributed by atoms with Gasteiger partial charge >= 0.3 is 5.97 Å². The van der Waals surface area contributed by atoms with E-state index in [-0.39, 0.29) is 32.7 Å². The molecule has 1 aliphatic heterocycles. The molecule has 0 aromatic heterocycles. The Balaban J connectivity index is 0.00000128. The maximum Gasteiger partial charge on any atom is 0.324 e. The van der Waals surface area contributed by atoms with Gasteiger partial charge in [0.25, 0.3) is 5.97 Å². The van der Waals surface area contributed by atoms with Crippen molar-refractivity contribution in [2.75, 3.05) is 7.11 Å². The fourth-order valence-corrected chi connectivity index (χ4v) is 1.26. The van der Waals surface area contributed by atoms with E-state index in [2.05, 4.69) is 9.47 Å². The van der Waals surface area contributed by atoms with Crippen LogP contribution in [0, 0.1) is 17.7 Å². The molecule has 1 radical (unpaired) electrons. The molecule has 1 heterocycles. The van der Waals surface area contributed by atoms with Crippen LogP contribution >= 0.6 is 0 Å². The molecule has 0 aliphatic carbocycles. The van der Waals surface area contributed by atoms with Gasteiger partial charge in [-0.3, -0.25) is 9.18 Å². The molecule has 0 saturated heterocycles. The van der Waals surface area contributed by atoms with Gasteiger partial charge in [0.05, 0.1) is 12.9 Å². The number of esters is 2. The van der Waals surface area contributed by atoms with Gasteiger partial charge in [0.2, 0.25) is 0 Å². The van der Waals surface area contributed by atoms with Crippen molar-refractivity contribution in [3.63, 3.8) is 0 Å². The second-order valence-corrected chi connectivity index (χ2v) is 2.71. The first kappa shape index (κ1) is 13.2. The molecule has 0 spiro atoms. The molecule has 16 heavy (non-hydrogen) atoms. The summed E-state index contributed by atoms with van der Waals surface area (Å²) in [5.74, 6) is -5.33. The number of rotatable bonds is 1. The molecular formula is C9H3F2O4Y-. The number of methoxy groups -OCH3 is 1. The number of carbonyl (C=O) groups excluding carboxylic acids is 2. The second-order valence-electron chi connectivity index (χ2n) is 2.71. The van der Waals surface area contributed by atoms with Gasteiger partial charge in [-0.1, -0.05) is 6.07 Å². The van der Waals surface area contributed by atoms with Crippen LogP contribution in [0.1, 0.15) is 20.7 Å². The van der Waals surface area contributed by atoms with Crippen LogP contribution in [-0.4, -0.2) is 19.0 Å². The summed E-state index contributed by atoms with van der Waals surface area (Å²) in [6.45, 7) is 0. The van der Waals surface area contributed by atoms with Crippen molar-refractivity contribution in [1.82, 2.24) is 0 Å². The maximum atomic E-state index is 13.4. The third-order valence-corrected chi connectivity index (χ3v) is 1.91. The number of ether oxygens (including phenoxy) is 2. The zero-order chi connectivity index (χ0) is 11.2. The van der Waals surface area contributed by atoms with Crippen LogP contribution in [0.3, 0.4) is 0 Å². The van der Waals surface area contributed by atoms with Crippen LogP contribution in [0.2, 0.25) is 0 Å². The molecule has 2 rings (SSSR count). The fourth-order valence-electron chi connectivity index (χ4n) is 1.26. The van der Waals surface area contributed by atoms with E-state index in [0.717, 1.165) is 7.11 Å². The maximum absolute atomic E-state index is 13.4. The van der Waals surface area contributed by atoms with Crippen molar-refractivity contribution in [3.8, 4) is 5.75 Å². The van der Waals surface area contributed by atoms with Gasteiger partial charge in [0, 0.05) is 55.4 Å². The van der Waals surface area contributed by atoms with E-state index in [1.54, 1.807) is 0 Å². The van der Waals surface area contributed by atoms with Crippen molar-refractivity contribution < 1.29 is 60.6 Å². The summed E-state index contributed by atoms with van der Waals surface area (Å²) in [5.41, 5.74) is -1.48. The average molecular weight is 302 g/mol. The molecule has 1 aliphatic rings. The van der Waals surface area contributed by atoms with Crippen molar-refractivity contribution in [2.24, 2.45) is 0 Å². The number of benzene rings is 1. The zero-order valence-corrected chi connectivity index (χ0v) is 10.8. The van der Waals surface area contributed by atoms with Gasteiger partial charge in [-0.05, 0) is 0 Å². The average Bonchev–Trinajstić information content (AvgIpc) is 2.48. The number of carbonyl (C=O) groups is 2. The Labute approximate surface area is 114 Å². The van der Waals surface area contributed by atoms with Crippen LogP contribution in [-0.2, 0) is 37.4 Å². The quantitative estimate of drug-likeness (QED) is 0.442. The van der Waals surface area contributed by atoms with Crippen LogP contribution in [0.5, 0.6) is 5.75 Å². The van der Waals surface area contributed by atoms with Gasteiger partial charge in [0.15, 0.2) is 0 Å². The van der Waals surface area contributed by atoms with E-state index < -0.39 is 40.4 Å². The van der Waals surface area contributed by atoms with E-state index in [9.17, 15) is 18.4 Å². The zero-order valence-electron chi connectivity index (χ0n) is 7.97. The topological polar surface area (TPSA) is 52.6 Å². The van der Waals surface area contributed by atoms with Gasteiger partial charge in [-0.15, -0.1) is 0 Å². The summed E-state index contributed by atoms with van der Waals surface area (Å²) in [6, 6.07) is 1.86. The predicted octanol–water partition coefficient (Wildman–Crippen LogP) is 1.08. The summed E-state index contributed by atoms with van der Waals surface area (Å²) in [4.78, 5) is 21.9. The largest absolute Gasteiger partial charge is 0.520 e. The molecule has 0 saturated carbocycles. The van der Waals surface area contributed by atoms with Crippen molar-refractivity contribution in [1.29, 1.82) is 0 Å². The molecule has 1 aromatic carbocycles. The van der Waals surface area contributed by atoms with E-state index in [1.807, 2.05) is 6.07 Å². The minimum atomic E-state index is -1.22. The minimum absolute atomic E-state index is 0. The Morgan fingerprint density at radius 2 is 1.75 bits per heavy atom. The molecule has 0 bridgehead atoms. The Hall–Kier alpha value is -0.876. The Kier molecular flexibility index (Phi) is 3.75. The molecule has 0 unspecified atom stereocenters. The van der Waals surface area contributed by atoms with Crippen molar-refractivity contribution in [2.45, 2.75) is 0 Å². The molecule has 0 atom stereocenters. The Morgan fingerprint density at radius 1 is 1.19 bits per heavy atom. The molecule has 0 fully saturated rings. The summed E-state index contributed by atoms with van der Waals surface area (Å²) in [7, 11) is 1.09. The van der Waals surface area contributed by atoms with Gasteiger partial charge < -0.3 is 9.47 Å². The first-order chi connectivity index (χ1) is 7.06. The van der Waals surface area contributed by atoms with E-state index >= 15 is 0 Å². The van der Waals surface area contributed by atoms with E-state index in [4.69, 9.17) is 0 Å². The van der Waals surface area contributed by atoms with E-state index in [1.165, 1.54) is 0 Å². The van der Waals surface area contributed by atoms with E-state index in [0.29, 0.717) is 0 Å². The normalized spacial score (nSPS) is 12.9. The number of cyclic esters (lactones) is 2. The first-order valence-electron chi connectivity index (χ1n) is 3.81. The number of halogens is 2. The third-order valence-electron chi connectivity index (χ3n) is 1.91. The first-order valence-corrected chi connectivity index (χ1v) is 3.81. The van der Waals surface area contributed by atoms with Crippen LogP contribution in [0.15, 0.2) is 0 Å². The van der Waals surface area contributed by atoms with Crippen molar-refractivity contribution >= 4 is 11.9 Å². The minimum Gasteiger partial charge on any atom is -0.520 e. The summed E-state index contributed by atoms with van der Waals surface area (Å²) < 4.78 is 35.1. The fraction of sp³-hybridized carbons (Fsp3) is 0.111. The Morgan fingerprint density at radius 3 is 2.31 bits per heavy atom. The smallest absolute Gasteiger partial charge is 0.324 e. The third kappa shape index (κ3) is 1.76. The van der Waals surface area contributed by atoms with Crippen molar-refractivity contribution in [3.05, 3.63) is 28.8 Å². The second kappa shape index (κ2) is 4.55. The van der Waals surface area contributed by atoms with Gasteiger partial charge in [0.1, 0.15) is 0 Å². The standard InChI is InChI=1S/C9H3F2O4.Y/c1-14-4-2-3(10)5-6(7(4)11)9(13)15-8(5)12;/h1H3;/q-1;.